The van der Waals surface area contributed by atoms with E-state index in [1.807, 2.05) is 13.8 Å². The van der Waals surface area contributed by atoms with Crippen molar-refractivity contribution >= 4 is 23.4 Å². The first kappa shape index (κ1) is 17.7. The van der Waals surface area contributed by atoms with Crippen molar-refractivity contribution in [2.75, 3.05) is 0 Å². The number of aromatic nitrogens is 2. The summed E-state index contributed by atoms with van der Waals surface area (Å²) in [6.45, 7) is 5.26. The molecule has 1 aromatic carbocycles. The number of rotatable bonds is 4. The topological polar surface area (TPSA) is 93.2 Å². The van der Waals surface area contributed by atoms with Crippen LogP contribution < -0.4 is 15.6 Å². The lowest BCUT2D eigenvalue weighted by atomic mass is 10.1. The highest BCUT2D eigenvalue weighted by molar-refractivity contribution is 6.30. The highest BCUT2D eigenvalue weighted by Gasteiger charge is 2.18. The number of carbonyl (C=O) groups excluding carboxylic acids is 2. The Labute approximate surface area is 144 Å². The van der Waals surface area contributed by atoms with E-state index in [0.717, 1.165) is 11.1 Å². The van der Waals surface area contributed by atoms with E-state index in [9.17, 15) is 9.59 Å². The number of halogens is 1. The number of amides is 2. The third kappa shape index (κ3) is 4.42. The van der Waals surface area contributed by atoms with Crippen molar-refractivity contribution in [2.24, 2.45) is 0 Å². The summed E-state index contributed by atoms with van der Waals surface area (Å²) in [5, 5.41) is 0.602. The molecule has 7 nitrogen and oxygen atoms in total. The number of hydrazine groups is 1. The molecule has 1 aromatic heterocycles. The first-order valence-electron chi connectivity index (χ1n) is 7.18. The van der Waals surface area contributed by atoms with Crippen molar-refractivity contribution in [2.45, 2.75) is 26.9 Å². The molecule has 2 rings (SSSR count). The van der Waals surface area contributed by atoms with Crippen molar-refractivity contribution in [1.29, 1.82) is 0 Å². The number of nitrogens with one attached hydrogen (secondary N) is 2. The van der Waals surface area contributed by atoms with Gasteiger partial charge in [-0.25, -0.2) is 4.98 Å². The zero-order valence-electron chi connectivity index (χ0n) is 13.5. The number of carbonyl (C=O) groups is 2. The van der Waals surface area contributed by atoms with Gasteiger partial charge in [-0.1, -0.05) is 11.6 Å². The molecule has 2 aromatic rings. The molecular weight excluding hydrogens is 332 g/mol. The van der Waals surface area contributed by atoms with Crippen molar-refractivity contribution in [1.82, 2.24) is 20.8 Å². The van der Waals surface area contributed by atoms with Gasteiger partial charge in [-0.15, -0.1) is 0 Å². The van der Waals surface area contributed by atoms with Crippen LogP contribution in [-0.2, 0) is 4.79 Å². The van der Waals surface area contributed by atoms with E-state index >= 15 is 0 Å². The van der Waals surface area contributed by atoms with Gasteiger partial charge in [0, 0.05) is 17.4 Å². The number of nitrogens with zero attached hydrogens (tertiary/aromatic N) is 2. The number of hydrogen-bond donors (Lipinski definition) is 2. The molecule has 2 amide bonds. The zero-order valence-corrected chi connectivity index (χ0v) is 14.2. The smallest absolute Gasteiger partial charge is 0.289 e. The zero-order chi connectivity index (χ0) is 17.7. The van der Waals surface area contributed by atoms with Gasteiger partial charge >= 0.3 is 0 Å². The fraction of sp³-hybridized carbons (Fsp3) is 0.250. The van der Waals surface area contributed by atoms with Crippen LogP contribution in [0, 0.1) is 13.8 Å². The largest absolute Gasteiger partial charge is 0.480 e. The molecule has 0 aliphatic carbocycles. The van der Waals surface area contributed by atoms with Crippen LogP contribution in [-0.4, -0.2) is 27.9 Å². The number of aryl methyl sites for hydroxylation is 2. The molecule has 0 bridgehead atoms. The molecule has 0 radical (unpaired) electrons. The third-order valence-corrected chi connectivity index (χ3v) is 3.40. The molecule has 1 atom stereocenters. The van der Waals surface area contributed by atoms with Gasteiger partial charge in [0.1, 0.15) is 11.4 Å². The number of hydrogen-bond acceptors (Lipinski definition) is 5. The van der Waals surface area contributed by atoms with Crippen LogP contribution in [0.15, 0.2) is 30.7 Å². The maximum absolute atomic E-state index is 12.1. The lowest BCUT2D eigenvalue weighted by Gasteiger charge is -2.18. The fourth-order valence-corrected chi connectivity index (χ4v) is 2.34. The first-order valence-corrected chi connectivity index (χ1v) is 7.56. The summed E-state index contributed by atoms with van der Waals surface area (Å²) in [5.74, 6) is -0.481. The second-order valence-electron chi connectivity index (χ2n) is 5.16. The van der Waals surface area contributed by atoms with E-state index in [2.05, 4.69) is 20.8 Å². The van der Waals surface area contributed by atoms with Gasteiger partial charge in [0.2, 0.25) is 0 Å². The quantitative estimate of drug-likeness (QED) is 0.824. The van der Waals surface area contributed by atoms with Crippen molar-refractivity contribution in [3.63, 3.8) is 0 Å². The molecule has 0 saturated carbocycles. The SMILES string of the molecule is Cc1cc(Cl)cc(C)c1O[C@H](C)C(=O)NNC(=O)c1cnccn1. The van der Waals surface area contributed by atoms with Crippen LogP contribution in [0.1, 0.15) is 28.5 Å². The summed E-state index contributed by atoms with van der Waals surface area (Å²) in [6.07, 6.45) is 3.31. The lowest BCUT2D eigenvalue weighted by molar-refractivity contribution is -0.128. The Morgan fingerprint density at radius 2 is 1.83 bits per heavy atom. The molecule has 8 heteroatoms. The highest BCUT2D eigenvalue weighted by Crippen LogP contribution is 2.27. The Morgan fingerprint density at radius 3 is 2.42 bits per heavy atom. The van der Waals surface area contributed by atoms with E-state index in [-0.39, 0.29) is 5.69 Å². The molecule has 0 aliphatic rings. The number of benzene rings is 1. The van der Waals surface area contributed by atoms with Gasteiger partial charge < -0.3 is 4.74 Å². The summed E-state index contributed by atoms with van der Waals surface area (Å²) in [6, 6.07) is 3.51. The Bertz CT molecular complexity index is 729. The predicted molar refractivity (Wildman–Crippen MR) is 88.7 cm³/mol. The van der Waals surface area contributed by atoms with Crippen LogP contribution >= 0.6 is 11.6 Å². The normalized spacial score (nSPS) is 11.5. The molecular formula is C16H17ClN4O3. The van der Waals surface area contributed by atoms with E-state index in [1.165, 1.54) is 18.6 Å². The van der Waals surface area contributed by atoms with E-state index in [4.69, 9.17) is 16.3 Å². The molecule has 1 heterocycles. The van der Waals surface area contributed by atoms with Crippen LogP contribution in [0.4, 0.5) is 0 Å². The molecule has 0 saturated heterocycles. The van der Waals surface area contributed by atoms with Crippen LogP contribution in [0.2, 0.25) is 5.02 Å². The second kappa shape index (κ2) is 7.74. The monoisotopic (exact) mass is 348 g/mol. The summed E-state index contributed by atoms with van der Waals surface area (Å²) in [5.41, 5.74) is 6.29. The van der Waals surface area contributed by atoms with Crippen LogP contribution in [0.25, 0.3) is 0 Å². The summed E-state index contributed by atoms with van der Waals surface area (Å²) in [7, 11) is 0. The molecule has 2 N–H and O–H groups in total. The minimum atomic E-state index is -0.814. The van der Waals surface area contributed by atoms with Gasteiger partial charge in [0.15, 0.2) is 6.10 Å². The summed E-state index contributed by atoms with van der Waals surface area (Å²) >= 11 is 5.97. The van der Waals surface area contributed by atoms with Gasteiger partial charge in [-0.2, -0.15) is 0 Å². The standard InChI is InChI=1S/C16H17ClN4O3/c1-9-6-12(17)7-10(2)14(9)24-11(3)15(22)20-21-16(23)13-8-18-4-5-19-13/h4-8,11H,1-3H3,(H,20,22)(H,21,23)/t11-/m1/s1. The number of ether oxygens (including phenoxy) is 1. The third-order valence-electron chi connectivity index (χ3n) is 3.18. The minimum absolute atomic E-state index is 0.0933. The fourth-order valence-electron chi connectivity index (χ4n) is 2.01. The Kier molecular flexibility index (Phi) is 5.70. The summed E-state index contributed by atoms with van der Waals surface area (Å²) in [4.78, 5) is 31.5. The molecule has 0 unspecified atom stereocenters. The maximum Gasteiger partial charge on any atom is 0.289 e. The Hall–Kier alpha value is -2.67. The average molecular weight is 349 g/mol. The van der Waals surface area contributed by atoms with Gasteiger partial charge in [0.05, 0.1) is 6.20 Å². The van der Waals surface area contributed by atoms with E-state index in [1.54, 1.807) is 19.1 Å². The second-order valence-corrected chi connectivity index (χ2v) is 5.60. The van der Waals surface area contributed by atoms with Crippen molar-refractivity contribution in [3.05, 3.63) is 52.6 Å². The lowest BCUT2D eigenvalue weighted by Crippen LogP contribution is -2.47. The van der Waals surface area contributed by atoms with Gasteiger partial charge in [0.25, 0.3) is 11.8 Å². The summed E-state index contributed by atoms with van der Waals surface area (Å²) < 4.78 is 5.68. The maximum atomic E-state index is 12.1. The van der Waals surface area contributed by atoms with Crippen LogP contribution in [0.5, 0.6) is 5.75 Å². The van der Waals surface area contributed by atoms with Gasteiger partial charge in [-0.3, -0.25) is 25.4 Å². The highest BCUT2D eigenvalue weighted by atomic mass is 35.5. The Balaban J connectivity index is 1.94. The molecule has 0 spiro atoms. The first-order chi connectivity index (χ1) is 11.4. The van der Waals surface area contributed by atoms with Gasteiger partial charge in [-0.05, 0) is 44.0 Å². The molecule has 0 fully saturated rings. The molecule has 0 aliphatic heterocycles. The average Bonchev–Trinajstić information content (AvgIpc) is 2.56. The minimum Gasteiger partial charge on any atom is -0.480 e. The Morgan fingerprint density at radius 1 is 1.17 bits per heavy atom. The van der Waals surface area contributed by atoms with E-state index in [0.29, 0.717) is 10.8 Å². The van der Waals surface area contributed by atoms with Crippen LogP contribution in [0.3, 0.4) is 0 Å². The van der Waals surface area contributed by atoms with Crippen molar-refractivity contribution in [3.8, 4) is 5.75 Å². The predicted octanol–water partition coefficient (Wildman–Crippen LogP) is 1.98. The van der Waals surface area contributed by atoms with Crippen molar-refractivity contribution < 1.29 is 14.3 Å². The molecule has 24 heavy (non-hydrogen) atoms. The van der Waals surface area contributed by atoms with E-state index < -0.39 is 17.9 Å². The molecule has 126 valence electrons.